The van der Waals surface area contributed by atoms with Gasteiger partial charge in [-0.2, -0.15) is 14.7 Å². The zero-order valence-corrected chi connectivity index (χ0v) is 32.9. The number of hydrogen-bond donors (Lipinski definition) is 3. The van der Waals surface area contributed by atoms with Crippen LogP contribution in [0.4, 0.5) is 0 Å². The highest BCUT2D eigenvalue weighted by atomic mass is 31.2. The standard InChI is InChI=1S/C44H54O5P/c1-41(2,3)30-16-14-26-22-33(35(43(7,8)9)24-28(26)20-30)38-32(40(45)49-13)18-19-37(50(46,47)48)39(38)34-23-27-15-17-31(42(4,5)6)21-29(27)25-36(34)44(10,11)12/h14-25,46-48H,1-13H3/q+1. The second kappa shape index (κ2) is 12.6. The molecule has 0 aliphatic rings. The summed E-state index contributed by atoms with van der Waals surface area (Å²) >= 11 is 0. The minimum atomic E-state index is -4.62. The van der Waals surface area contributed by atoms with Crippen LogP contribution in [0.3, 0.4) is 0 Å². The number of methoxy groups -OCH3 is 1. The highest BCUT2D eigenvalue weighted by Crippen LogP contribution is 2.52. The summed E-state index contributed by atoms with van der Waals surface area (Å²) in [5.74, 6) is -0.554. The van der Waals surface area contributed by atoms with E-state index in [2.05, 4.69) is 144 Å². The summed E-state index contributed by atoms with van der Waals surface area (Å²) < 4.78 is 5.38. The molecular weight excluding hydrogens is 639 g/mol. The zero-order chi connectivity index (χ0) is 37.4. The van der Waals surface area contributed by atoms with Gasteiger partial charge >= 0.3 is 13.9 Å². The van der Waals surface area contributed by atoms with E-state index in [9.17, 15) is 19.5 Å². The number of benzene rings is 5. The van der Waals surface area contributed by atoms with Gasteiger partial charge in [-0.1, -0.05) is 119 Å². The van der Waals surface area contributed by atoms with Crippen LogP contribution in [0.1, 0.15) is 116 Å². The molecule has 0 saturated heterocycles. The van der Waals surface area contributed by atoms with E-state index in [0.717, 1.165) is 38.2 Å². The highest BCUT2D eigenvalue weighted by Gasteiger charge is 2.42. The van der Waals surface area contributed by atoms with Crippen molar-refractivity contribution < 1.29 is 24.2 Å². The molecule has 3 N–H and O–H groups in total. The molecule has 0 spiro atoms. The van der Waals surface area contributed by atoms with E-state index < -0.39 is 19.3 Å². The largest absolute Gasteiger partial charge is 0.465 e. The summed E-state index contributed by atoms with van der Waals surface area (Å²) in [5, 5.41) is 4.07. The first-order chi connectivity index (χ1) is 22.8. The van der Waals surface area contributed by atoms with E-state index in [1.807, 2.05) is 0 Å². The van der Waals surface area contributed by atoms with Crippen LogP contribution in [0, 0.1) is 0 Å². The molecule has 264 valence electrons. The maximum atomic E-state index is 13.8. The van der Waals surface area contributed by atoms with Crippen molar-refractivity contribution in [1.82, 2.24) is 0 Å². The number of rotatable bonds is 4. The van der Waals surface area contributed by atoms with Crippen molar-refractivity contribution in [2.75, 3.05) is 7.11 Å². The minimum absolute atomic E-state index is 0.0145. The Morgan fingerprint density at radius 1 is 0.520 bits per heavy atom. The highest BCUT2D eigenvalue weighted by molar-refractivity contribution is 7.67. The fraction of sp³-hybridized carbons (Fsp3) is 0.386. The molecule has 5 nitrogen and oxygen atoms in total. The van der Waals surface area contributed by atoms with Gasteiger partial charge in [-0.15, -0.1) is 0 Å². The van der Waals surface area contributed by atoms with E-state index in [1.54, 1.807) is 6.07 Å². The van der Waals surface area contributed by atoms with Gasteiger partial charge in [-0.3, -0.25) is 0 Å². The van der Waals surface area contributed by atoms with Gasteiger partial charge < -0.3 is 4.74 Å². The fourth-order valence-electron chi connectivity index (χ4n) is 6.86. The lowest BCUT2D eigenvalue weighted by molar-refractivity contribution is 0.0601. The summed E-state index contributed by atoms with van der Waals surface area (Å²) in [5.41, 5.74) is 6.13. The van der Waals surface area contributed by atoms with E-state index in [4.69, 9.17) is 4.74 Å². The molecule has 5 aromatic carbocycles. The van der Waals surface area contributed by atoms with Gasteiger partial charge in [0.2, 0.25) is 0 Å². The number of fused-ring (bicyclic) bond motifs is 2. The average molecular weight is 694 g/mol. The average Bonchev–Trinajstić information content (AvgIpc) is 2.99. The molecule has 0 fully saturated rings. The first-order valence-electron chi connectivity index (χ1n) is 17.3. The van der Waals surface area contributed by atoms with Crippen molar-refractivity contribution in [3.8, 4) is 22.3 Å². The quantitative estimate of drug-likeness (QED) is 0.129. The van der Waals surface area contributed by atoms with E-state index >= 15 is 0 Å². The summed E-state index contributed by atoms with van der Waals surface area (Å²) in [6, 6.07) is 24.4. The third-order valence-electron chi connectivity index (χ3n) is 9.75. The van der Waals surface area contributed by atoms with Gasteiger partial charge in [0, 0.05) is 11.1 Å². The van der Waals surface area contributed by atoms with E-state index in [-0.39, 0.29) is 27.1 Å². The van der Waals surface area contributed by atoms with Crippen molar-refractivity contribution >= 4 is 40.8 Å². The molecule has 0 aromatic heterocycles. The van der Waals surface area contributed by atoms with E-state index in [1.165, 1.54) is 24.3 Å². The molecular formula is C44H54O5P+. The van der Waals surface area contributed by atoms with Crippen LogP contribution in [-0.2, 0) is 26.4 Å². The van der Waals surface area contributed by atoms with Crippen molar-refractivity contribution in [3.05, 3.63) is 101 Å². The van der Waals surface area contributed by atoms with Gasteiger partial charge in [-0.25, -0.2) is 4.79 Å². The van der Waals surface area contributed by atoms with Crippen LogP contribution in [0.25, 0.3) is 43.8 Å². The maximum Gasteiger partial charge on any atom is 0.441 e. The predicted molar refractivity (Wildman–Crippen MR) is 212 cm³/mol. The number of hydrogen-bond acceptors (Lipinski definition) is 5. The third kappa shape index (κ3) is 7.25. The Kier molecular flexibility index (Phi) is 9.46. The van der Waals surface area contributed by atoms with Crippen LogP contribution >= 0.6 is 7.94 Å². The summed E-state index contributed by atoms with van der Waals surface area (Å²) in [7, 11) is -3.27. The summed E-state index contributed by atoms with van der Waals surface area (Å²) in [4.78, 5) is 47.2. The summed E-state index contributed by atoms with van der Waals surface area (Å²) in [6.45, 7) is 25.9. The van der Waals surface area contributed by atoms with Gasteiger partial charge in [0.25, 0.3) is 0 Å². The zero-order valence-electron chi connectivity index (χ0n) is 32.0. The van der Waals surface area contributed by atoms with Crippen LogP contribution in [0.5, 0.6) is 0 Å². The van der Waals surface area contributed by atoms with Crippen LogP contribution in [-0.4, -0.2) is 27.8 Å². The Labute approximate surface area is 298 Å². The van der Waals surface area contributed by atoms with Crippen molar-refractivity contribution in [2.45, 2.75) is 105 Å². The molecule has 0 amide bonds. The predicted octanol–water partition coefficient (Wildman–Crippen LogP) is 10.7. The van der Waals surface area contributed by atoms with Crippen molar-refractivity contribution in [2.24, 2.45) is 0 Å². The molecule has 0 saturated carbocycles. The molecule has 5 rings (SSSR count). The number of carbonyl (C=O) groups is 1. The molecule has 5 aromatic rings. The molecule has 0 radical (unpaired) electrons. The van der Waals surface area contributed by atoms with Crippen LogP contribution in [0.2, 0.25) is 0 Å². The Morgan fingerprint density at radius 2 is 0.940 bits per heavy atom. The van der Waals surface area contributed by atoms with E-state index in [0.29, 0.717) is 16.7 Å². The molecule has 0 aliphatic heterocycles. The van der Waals surface area contributed by atoms with Crippen LogP contribution in [0.15, 0.2) is 72.8 Å². The number of esters is 1. The minimum Gasteiger partial charge on any atom is -0.465 e. The van der Waals surface area contributed by atoms with Crippen molar-refractivity contribution in [1.29, 1.82) is 0 Å². The number of carbonyl (C=O) groups excluding carboxylic acids is 1. The smallest absolute Gasteiger partial charge is 0.441 e. The lowest BCUT2D eigenvalue weighted by Gasteiger charge is -2.30. The normalized spacial score (nSPS) is 13.3. The lowest BCUT2D eigenvalue weighted by atomic mass is 9.75. The third-order valence-corrected chi connectivity index (χ3v) is 10.8. The topological polar surface area (TPSA) is 87.0 Å². The molecule has 0 unspecified atom stereocenters. The van der Waals surface area contributed by atoms with Gasteiger partial charge in [0.15, 0.2) is 5.30 Å². The first kappa shape index (κ1) is 37.7. The molecule has 0 bridgehead atoms. The second-order valence-electron chi connectivity index (χ2n) is 17.9. The fourth-order valence-corrected chi connectivity index (χ4v) is 7.66. The monoisotopic (exact) mass is 693 g/mol. The molecule has 0 aliphatic carbocycles. The van der Waals surface area contributed by atoms with Gasteiger partial charge in [0.05, 0.1) is 12.7 Å². The first-order valence-corrected chi connectivity index (χ1v) is 19.0. The lowest BCUT2D eigenvalue weighted by Crippen LogP contribution is -2.21. The number of ether oxygens (including phenoxy) is 1. The van der Waals surface area contributed by atoms with Crippen LogP contribution < -0.4 is 5.30 Å². The SMILES string of the molecule is COC(=O)c1ccc([P+](O)(O)O)c(-c2cc3ccc(C(C)(C)C)cc3cc2C(C)(C)C)c1-c1cc2ccc(C(C)(C)C)cc2cc1C(C)(C)C. The molecule has 0 atom stereocenters. The maximum absolute atomic E-state index is 13.8. The Morgan fingerprint density at radius 3 is 1.30 bits per heavy atom. The van der Waals surface area contributed by atoms with Gasteiger partial charge in [0.1, 0.15) is 0 Å². The second-order valence-corrected chi connectivity index (χ2v) is 19.5. The van der Waals surface area contributed by atoms with Crippen molar-refractivity contribution in [3.63, 3.8) is 0 Å². The molecule has 6 heteroatoms. The van der Waals surface area contributed by atoms with Gasteiger partial charge in [-0.05, 0) is 113 Å². The Balaban J connectivity index is 2.04. The molecule has 50 heavy (non-hydrogen) atoms. The summed E-state index contributed by atoms with van der Waals surface area (Å²) in [6.07, 6.45) is 0. The molecule has 0 heterocycles. The Hall–Kier alpha value is -3.60. The Bertz CT molecular complexity index is 2120.